The Labute approximate surface area is 161 Å². The van der Waals surface area contributed by atoms with E-state index in [-0.39, 0.29) is 12.1 Å². The molecule has 0 aliphatic heterocycles. The third-order valence-electron chi connectivity index (χ3n) is 4.42. The fourth-order valence-electron chi connectivity index (χ4n) is 2.82. The van der Waals surface area contributed by atoms with E-state index < -0.39 is 0 Å². The Balaban J connectivity index is 1.78. The van der Waals surface area contributed by atoms with Crippen LogP contribution in [0.15, 0.2) is 60.7 Å². The van der Waals surface area contributed by atoms with Gasteiger partial charge in [0, 0.05) is 31.6 Å². The SMILES string of the molecule is CN(CCCl)C(CNC(=O)NCCc1ccccc1)Cc1ccccc1. The fourth-order valence-corrected chi connectivity index (χ4v) is 3.09. The van der Waals surface area contributed by atoms with Crippen LogP contribution < -0.4 is 10.6 Å². The highest BCUT2D eigenvalue weighted by Crippen LogP contribution is 2.07. The maximum atomic E-state index is 12.1. The molecule has 2 N–H and O–H groups in total. The van der Waals surface area contributed by atoms with E-state index in [1.807, 2.05) is 43.4 Å². The molecule has 1 atom stereocenters. The molecule has 5 heteroatoms. The largest absolute Gasteiger partial charge is 0.338 e. The second-order valence-corrected chi connectivity index (χ2v) is 6.76. The Kier molecular flexibility index (Phi) is 9.01. The molecule has 0 aliphatic carbocycles. The number of nitrogens with one attached hydrogen (secondary N) is 2. The highest BCUT2D eigenvalue weighted by Gasteiger charge is 2.16. The number of hydrogen-bond acceptors (Lipinski definition) is 2. The number of likely N-dealkylation sites (N-methyl/N-ethyl adjacent to an activating group) is 1. The summed E-state index contributed by atoms with van der Waals surface area (Å²) in [6, 6.07) is 20.5. The average molecular weight is 374 g/mol. The van der Waals surface area contributed by atoms with Crippen LogP contribution in [0.25, 0.3) is 0 Å². The Morgan fingerprint density at radius 1 is 1.00 bits per heavy atom. The highest BCUT2D eigenvalue weighted by molar-refractivity contribution is 6.18. The molecule has 2 aromatic rings. The van der Waals surface area contributed by atoms with Crippen LogP contribution in [0.2, 0.25) is 0 Å². The van der Waals surface area contributed by atoms with Gasteiger partial charge in [0.05, 0.1) is 0 Å². The van der Waals surface area contributed by atoms with Crippen molar-refractivity contribution in [3.8, 4) is 0 Å². The van der Waals surface area contributed by atoms with Crippen molar-refractivity contribution in [2.24, 2.45) is 0 Å². The van der Waals surface area contributed by atoms with Crippen LogP contribution in [-0.4, -0.2) is 49.5 Å². The zero-order valence-corrected chi connectivity index (χ0v) is 16.1. The molecule has 2 aromatic carbocycles. The molecule has 140 valence electrons. The van der Waals surface area contributed by atoms with E-state index in [2.05, 4.69) is 39.8 Å². The van der Waals surface area contributed by atoms with Gasteiger partial charge in [0.2, 0.25) is 0 Å². The minimum Gasteiger partial charge on any atom is -0.338 e. The lowest BCUT2D eigenvalue weighted by atomic mass is 10.0. The van der Waals surface area contributed by atoms with Crippen molar-refractivity contribution in [3.05, 3.63) is 71.8 Å². The smallest absolute Gasteiger partial charge is 0.314 e. The van der Waals surface area contributed by atoms with Crippen LogP contribution in [-0.2, 0) is 12.8 Å². The van der Waals surface area contributed by atoms with Crippen molar-refractivity contribution < 1.29 is 4.79 Å². The van der Waals surface area contributed by atoms with Gasteiger partial charge in [0.15, 0.2) is 0 Å². The summed E-state index contributed by atoms with van der Waals surface area (Å²) in [6.45, 7) is 1.99. The first-order valence-electron chi connectivity index (χ1n) is 9.05. The molecule has 26 heavy (non-hydrogen) atoms. The molecule has 1 unspecified atom stereocenters. The first kappa shape index (κ1) is 20.3. The number of nitrogens with zero attached hydrogens (tertiary/aromatic N) is 1. The number of urea groups is 1. The lowest BCUT2D eigenvalue weighted by molar-refractivity contribution is 0.224. The molecule has 0 heterocycles. The van der Waals surface area contributed by atoms with Gasteiger partial charge in [0.25, 0.3) is 0 Å². The predicted octanol–water partition coefficient (Wildman–Crippen LogP) is 3.31. The molecule has 0 fully saturated rings. The van der Waals surface area contributed by atoms with Crippen molar-refractivity contribution in [2.75, 3.05) is 32.6 Å². The van der Waals surface area contributed by atoms with Gasteiger partial charge in [-0.15, -0.1) is 11.6 Å². The number of carbonyl (C=O) groups is 1. The van der Waals surface area contributed by atoms with Gasteiger partial charge < -0.3 is 15.5 Å². The molecular formula is C21H28ClN3O. The average Bonchev–Trinajstić information content (AvgIpc) is 2.67. The number of halogens is 1. The van der Waals surface area contributed by atoms with Crippen molar-refractivity contribution in [2.45, 2.75) is 18.9 Å². The molecule has 2 amide bonds. The Morgan fingerprint density at radius 3 is 2.23 bits per heavy atom. The van der Waals surface area contributed by atoms with Crippen LogP contribution >= 0.6 is 11.6 Å². The van der Waals surface area contributed by atoms with E-state index in [1.54, 1.807) is 0 Å². The summed E-state index contributed by atoms with van der Waals surface area (Å²) < 4.78 is 0. The van der Waals surface area contributed by atoms with Gasteiger partial charge in [-0.1, -0.05) is 60.7 Å². The van der Waals surface area contributed by atoms with Crippen LogP contribution in [0.5, 0.6) is 0 Å². The van der Waals surface area contributed by atoms with Gasteiger partial charge >= 0.3 is 6.03 Å². The Hall–Kier alpha value is -2.04. The summed E-state index contributed by atoms with van der Waals surface area (Å²) in [5.41, 5.74) is 2.47. The third kappa shape index (κ3) is 7.46. The molecule has 0 aliphatic rings. The molecule has 4 nitrogen and oxygen atoms in total. The maximum Gasteiger partial charge on any atom is 0.314 e. The molecule has 0 bridgehead atoms. The normalized spacial score (nSPS) is 12.0. The molecule has 0 saturated carbocycles. The lowest BCUT2D eigenvalue weighted by Gasteiger charge is -2.28. The molecule has 0 radical (unpaired) electrons. The third-order valence-corrected chi connectivity index (χ3v) is 4.58. The summed E-state index contributed by atoms with van der Waals surface area (Å²) in [7, 11) is 2.05. The van der Waals surface area contributed by atoms with Crippen molar-refractivity contribution in [1.29, 1.82) is 0 Å². The van der Waals surface area contributed by atoms with E-state index in [0.717, 1.165) is 19.4 Å². The number of amides is 2. The summed E-state index contributed by atoms with van der Waals surface area (Å²) in [6.07, 6.45) is 1.70. The first-order valence-corrected chi connectivity index (χ1v) is 9.58. The van der Waals surface area contributed by atoms with E-state index in [1.165, 1.54) is 11.1 Å². The Bertz CT molecular complexity index is 636. The van der Waals surface area contributed by atoms with E-state index >= 15 is 0 Å². The van der Waals surface area contributed by atoms with Crippen LogP contribution in [0.4, 0.5) is 4.79 Å². The maximum absolute atomic E-state index is 12.1. The van der Waals surface area contributed by atoms with E-state index in [0.29, 0.717) is 19.0 Å². The summed E-state index contributed by atoms with van der Waals surface area (Å²) in [4.78, 5) is 14.3. The van der Waals surface area contributed by atoms with Gasteiger partial charge in [-0.2, -0.15) is 0 Å². The summed E-state index contributed by atoms with van der Waals surface area (Å²) in [5.74, 6) is 0.574. The Morgan fingerprint density at radius 2 is 1.62 bits per heavy atom. The second kappa shape index (κ2) is 11.6. The second-order valence-electron chi connectivity index (χ2n) is 6.39. The zero-order chi connectivity index (χ0) is 18.6. The summed E-state index contributed by atoms with van der Waals surface area (Å²) >= 11 is 5.89. The van der Waals surface area contributed by atoms with Gasteiger partial charge in [-0.05, 0) is 31.0 Å². The van der Waals surface area contributed by atoms with E-state index in [4.69, 9.17) is 11.6 Å². The standard InChI is InChI=1S/C21H28ClN3O/c1-25(15-13-22)20(16-19-10-6-3-7-11-19)17-24-21(26)23-14-12-18-8-4-2-5-9-18/h2-11,20H,12-17H2,1H3,(H2,23,24,26). The number of benzene rings is 2. The topological polar surface area (TPSA) is 44.4 Å². The van der Waals surface area contributed by atoms with Gasteiger partial charge in [0.1, 0.15) is 0 Å². The molecule has 2 rings (SSSR count). The quantitative estimate of drug-likeness (QED) is 0.627. The minimum atomic E-state index is -0.127. The van der Waals surface area contributed by atoms with Crippen molar-refractivity contribution in [1.82, 2.24) is 15.5 Å². The molecule has 0 spiro atoms. The fraction of sp³-hybridized carbons (Fsp3) is 0.381. The lowest BCUT2D eigenvalue weighted by Crippen LogP contribution is -2.47. The van der Waals surface area contributed by atoms with Crippen LogP contribution in [0.1, 0.15) is 11.1 Å². The van der Waals surface area contributed by atoms with Crippen LogP contribution in [0, 0.1) is 0 Å². The number of alkyl halides is 1. The minimum absolute atomic E-state index is 0.127. The number of rotatable bonds is 10. The van der Waals surface area contributed by atoms with Gasteiger partial charge in [-0.3, -0.25) is 0 Å². The van der Waals surface area contributed by atoms with Crippen molar-refractivity contribution >= 4 is 17.6 Å². The molecule has 0 aromatic heterocycles. The number of hydrogen-bond donors (Lipinski definition) is 2. The molecular weight excluding hydrogens is 346 g/mol. The zero-order valence-electron chi connectivity index (χ0n) is 15.3. The predicted molar refractivity (Wildman–Crippen MR) is 109 cm³/mol. The van der Waals surface area contributed by atoms with E-state index in [9.17, 15) is 4.79 Å². The monoisotopic (exact) mass is 373 g/mol. The van der Waals surface area contributed by atoms with Gasteiger partial charge in [-0.25, -0.2) is 4.79 Å². The first-order chi connectivity index (χ1) is 12.7. The van der Waals surface area contributed by atoms with Crippen molar-refractivity contribution in [3.63, 3.8) is 0 Å². The van der Waals surface area contributed by atoms with Crippen LogP contribution in [0.3, 0.4) is 0 Å². The highest BCUT2D eigenvalue weighted by atomic mass is 35.5. The molecule has 0 saturated heterocycles. The number of carbonyl (C=O) groups excluding carboxylic acids is 1. The summed E-state index contributed by atoms with van der Waals surface area (Å²) in [5, 5.41) is 5.92.